The van der Waals surface area contributed by atoms with Crippen molar-refractivity contribution in [2.24, 2.45) is 0 Å². The zero-order valence-corrected chi connectivity index (χ0v) is 24.7. The molecule has 0 unspecified atom stereocenters. The monoisotopic (exact) mass is 504 g/mol. The van der Waals surface area contributed by atoms with E-state index in [2.05, 4.69) is 43.3 Å². The van der Waals surface area contributed by atoms with E-state index < -0.39 is 6.43 Å². The van der Waals surface area contributed by atoms with Crippen molar-refractivity contribution in [3.63, 3.8) is 0 Å². The summed E-state index contributed by atoms with van der Waals surface area (Å²) >= 11 is 0. The van der Waals surface area contributed by atoms with Crippen LogP contribution in [-0.4, -0.2) is 17.5 Å². The molecule has 1 aromatic heterocycles. The van der Waals surface area contributed by atoms with Crippen LogP contribution in [0.3, 0.4) is 0 Å². The van der Waals surface area contributed by atoms with Crippen molar-refractivity contribution < 1.29 is 8.78 Å². The maximum Gasteiger partial charge on any atom is 0.242 e. The molecule has 0 atom stereocenters. The van der Waals surface area contributed by atoms with Gasteiger partial charge in [0, 0.05) is 24.3 Å². The Bertz CT molecular complexity index is 760. The van der Waals surface area contributed by atoms with Gasteiger partial charge in [0.2, 0.25) is 6.43 Å². The highest BCUT2D eigenvalue weighted by atomic mass is 19.3. The van der Waals surface area contributed by atoms with Crippen molar-refractivity contribution >= 4 is 11.4 Å². The van der Waals surface area contributed by atoms with E-state index in [1.165, 1.54) is 24.0 Å². The standard InChI is InChI=1S/C22H26F2N2.C4H10.3C2H6/c1-3-18-12-13-25-15-21(18)26(19-8-4-16(2)5-9-19)20-10-6-17(7-11-20)14-22(23)24;1-3-4-2;3*1-2/h6-7,10-13,15,19,22H,2-5,8-9,14H2,1H3;3-4H2,1-2H3;3*1-2H3. The minimum absolute atomic E-state index is 0.198. The molecule has 1 heterocycles. The van der Waals surface area contributed by atoms with E-state index in [0.29, 0.717) is 11.6 Å². The van der Waals surface area contributed by atoms with Gasteiger partial charge in [0.15, 0.2) is 0 Å². The van der Waals surface area contributed by atoms with Crippen molar-refractivity contribution in [1.82, 2.24) is 4.98 Å². The number of hydrogen-bond donors (Lipinski definition) is 0. The fourth-order valence-corrected chi connectivity index (χ4v) is 3.72. The normalized spacial score (nSPS) is 12.5. The van der Waals surface area contributed by atoms with Crippen molar-refractivity contribution in [2.75, 3.05) is 4.90 Å². The molecule has 0 bridgehead atoms. The van der Waals surface area contributed by atoms with Crippen LogP contribution in [0.2, 0.25) is 0 Å². The van der Waals surface area contributed by atoms with E-state index in [1.54, 1.807) is 0 Å². The Morgan fingerprint density at radius 1 is 0.889 bits per heavy atom. The van der Waals surface area contributed by atoms with Crippen LogP contribution < -0.4 is 4.90 Å². The molecule has 0 amide bonds. The predicted octanol–water partition coefficient (Wildman–Crippen LogP) is 11.0. The third-order valence-electron chi connectivity index (χ3n) is 5.66. The summed E-state index contributed by atoms with van der Waals surface area (Å²) in [6, 6.07) is 10.0. The molecule has 1 aromatic carbocycles. The van der Waals surface area contributed by atoms with Crippen LogP contribution >= 0.6 is 0 Å². The minimum atomic E-state index is -2.31. The minimum Gasteiger partial charge on any atom is -0.337 e. The summed E-state index contributed by atoms with van der Waals surface area (Å²) in [4.78, 5) is 6.70. The van der Waals surface area contributed by atoms with Gasteiger partial charge in [-0.15, -0.1) is 0 Å². The molecule has 4 heteroatoms. The molecule has 0 aliphatic heterocycles. The average molecular weight is 505 g/mol. The van der Waals surface area contributed by atoms with Gasteiger partial charge in [-0.2, -0.15) is 0 Å². The van der Waals surface area contributed by atoms with E-state index in [1.807, 2.05) is 78.2 Å². The zero-order chi connectivity index (χ0) is 27.9. The van der Waals surface area contributed by atoms with Gasteiger partial charge in [0.25, 0.3) is 0 Å². The third-order valence-corrected chi connectivity index (χ3v) is 5.66. The third kappa shape index (κ3) is 13.2. The number of rotatable bonds is 7. The number of halogens is 2. The van der Waals surface area contributed by atoms with Gasteiger partial charge < -0.3 is 4.90 Å². The summed E-state index contributed by atoms with van der Waals surface area (Å²) < 4.78 is 25.3. The van der Waals surface area contributed by atoms with Crippen LogP contribution in [0.15, 0.2) is 54.9 Å². The highest BCUT2D eigenvalue weighted by Crippen LogP contribution is 2.37. The summed E-state index contributed by atoms with van der Waals surface area (Å²) in [7, 11) is 0. The summed E-state index contributed by atoms with van der Waals surface area (Å²) in [6.45, 7) is 22.6. The molecule has 2 nitrogen and oxygen atoms in total. The predicted molar refractivity (Wildman–Crippen MR) is 158 cm³/mol. The molecule has 1 aliphatic rings. The number of alkyl halides is 2. The largest absolute Gasteiger partial charge is 0.337 e. The number of allylic oxidation sites excluding steroid dienone is 1. The number of benzene rings is 1. The molecular formula is C32H54F2N2. The molecule has 3 rings (SSSR count). The Kier molecular flexibility index (Phi) is 23.1. The molecule has 36 heavy (non-hydrogen) atoms. The Hall–Kier alpha value is -2.23. The second-order valence-corrected chi connectivity index (χ2v) is 7.97. The quantitative estimate of drug-likeness (QED) is 0.349. The maximum absolute atomic E-state index is 12.6. The highest BCUT2D eigenvalue weighted by molar-refractivity contribution is 5.67. The molecule has 1 aliphatic carbocycles. The Balaban J connectivity index is 0. The lowest BCUT2D eigenvalue weighted by Crippen LogP contribution is -2.34. The fraction of sp³-hybridized carbons (Fsp3) is 0.594. The van der Waals surface area contributed by atoms with Crippen LogP contribution in [-0.2, 0) is 12.8 Å². The van der Waals surface area contributed by atoms with E-state index in [9.17, 15) is 8.78 Å². The Labute approximate surface area is 222 Å². The molecule has 0 saturated heterocycles. The van der Waals surface area contributed by atoms with Crippen molar-refractivity contribution in [3.8, 4) is 0 Å². The first-order valence-electron chi connectivity index (χ1n) is 14.3. The van der Waals surface area contributed by atoms with Gasteiger partial charge in [-0.3, -0.25) is 4.98 Å². The van der Waals surface area contributed by atoms with Crippen LogP contribution in [0.5, 0.6) is 0 Å². The second-order valence-electron chi connectivity index (χ2n) is 7.97. The van der Waals surface area contributed by atoms with Crippen LogP contribution in [0.25, 0.3) is 0 Å². The summed E-state index contributed by atoms with van der Waals surface area (Å²) in [5.74, 6) is 0. The van der Waals surface area contributed by atoms with Gasteiger partial charge >= 0.3 is 0 Å². The topological polar surface area (TPSA) is 16.1 Å². The first kappa shape index (κ1) is 35.9. The SMILES string of the molecule is C=C1CCC(N(c2ccc(CC(F)F)cc2)c2cnccc2CC)CC1.CC.CC.CC.CCCC. The van der Waals surface area contributed by atoms with E-state index in [4.69, 9.17) is 0 Å². The lowest BCUT2D eigenvalue weighted by atomic mass is 9.90. The first-order valence-corrected chi connectivity index (χ1v) is 14.3. The van der Waals surface area contributed by atoms with Gasteiger partial charge in [-0.25, -0.2) is 8.78 Å². The summed E-state index contributed by atoms with van der Waals surface area (Å²) in [6.07, 6.45) is 8.98. The molecular weight excluding hydrogens is 450 g/mol. The number of aryl methyl sites for hydroxylation is 1. The first-order chi connectivity index (χ1) is 17.5. The number of hydrogen-bond acceptors (Lipinski definition) is 2. The highest BCUT2D eigenvalue weighted by Gasteiger charge is 2.25. The van der Waals surface area contributed by atoms with Gasteiger partial charge in [0.1, 0.15) is 0 Å². The smallest absolute Gasteiger partial charge is 0.242 e. The molecule has 0 N–H and O–H groups in total. The van der Waals surface area contributed by atoms with Crippen molar-refractivity contribution in [2.45, 2.75) is 126 Å². The van der Waals surface area contributed by atoms with E-state index in [-0.39, 0.29) is 6.42 Å². The molecule has 0 spiro atoms. The molecule has 1 fully saturated rings. The second kappa shape index (κ2) is 23.2. The Morgan fingerprint density at radius 2 is 1.42 bits per heavy atom. The maximum atomic E-state index is 12.6. The van der Waals surface area contributed by atoms with Gasteiger partial charge in [-0.05, 0) is 61.4 Å². The van der Waals surface area contributed by atoms with Crippen LogP contribution in [0, 0.1) is 0 Å². The average Bonchev–Trinajstić information content (AvgIpc) is 2.94. The number of unbranched alkanes of at least 4 members (excludes halogenated alkanes) is 1. The van der Waals surface area contributed by atoms with Gasteiger partial charge in [0.05, 0.1) is 11.9 Å². The van der Waals surface area contributed by atoms with Crippen molar-refractivity contribution in [1.29, 1.82) is 0 Å². The van der Waals surface area contributed by atoms with Crippen LogP contribution in [0.1, 0.15) is 112 Å². The lowest BCUT2D eigenvalue weighted by molar-refractivity contribution is 0.149. The zero-order valence-electron chi connectivity index (χ0n) is 24.7. The molecule has 0 radical (unpaired) electrons. The Morgan fingerprint density at radius 3 is 1.86 bits per heavy atom. The fourth-order valence-electron chi connectivity index (χ4n) is 3.72. The summed E-state index contributed by atoms with van der Waals surface area (Å²) in [5, 5.41) is 0. The number of anilines is 2. The number of pyridine rings is 1. The van der Waals surface area contributed by atoms with Crippen molar-refractivity contribution in [3.05, 3.63) is 66.0 Å². The van der Waals surface area contributed by atoms with E-state index in [0.717, 1.165) is 43.5 Å². The summed E-state index contributed by atoms with van der Waals surface area (Å²) in [5.41, 5.74) is 5.40. The lowest BCUT2D eigenvalue weighted by Gasteiger charge is -2.37. The number of aromatic nitrogens is 1. The van der Waals surface area contributed by atoms with Crippen LogP contribution in [0.4, 0.5) is 20.2 Å². The molecule has 1 saturated carbocycles. The number of nitrogens with zero attached hydrogens (tertiary/aromatic N) is 2. The molecule has 2 aromatic rings. The van der Waals surface area contributed by atoms with Gasteiger partial charge in [-0.1, -0.05) is 99.4 Å². The molecule has 206 valence electrons. The van der Waals surface area contributed by atoms with E-state index >= 15 is 0 Å².